The highest BCUT2D eigenvalue weighted by Gasteiger charge is 2.26. The monoisotopic (exact) mass is 577 g/mol. The third-order valence-electron chi connectivity index (χ3n) is 7.15. The third-order valence-corrected chi connectivity index (χ3v) is 7.39. The zero-order valence-electron chi connectivity index (χ0n) is 22.0. The van der Waals surface area contributed by atoms with Gasteiger partial charge < -0.3 is 26.6 Å². The normalized spacial score (nSPS) is 18.5. The average molecular weight is 578 g/mol. The van der Waals surface area contributed by atoms with Gasteiger partial charge in [-0.15, -0.1) is 5.10 Å². The summed E-state index contributed by atoms with van der Waals surface area (Å²) in [4.78, 5) is 33.7. The fourth-order valence-corrected chi connectivity index (χ4v) is 5.11. The van der Waals surface area contributed by atoms with E-state index in [9.17, 15) is 14.0 Å². The van der Waals surface area contributed by atoms with Crippen LogP contribution >= 0.6 is 11.6 Å². The van der Waals surface area contributed by atoms with Crippen LogP contribution in [0.3, 0.4) is 0 Å². The lowest BCUT2D eigenvalue weighted by Gasteiger charge is -2.30. The van der Waals surface area contributed by atoms with Crippen LogP contribution in [0, 0.1) is 5.82 Å². The molecule has 3 aromatic heterocycles. The number of aromatic nitrogens is 4. The summed E-state index contributed by atoms with van der Waals surface area (Å²) in [5.74, 6) is -0.571. The standard InChI is InChI=1S/C28H29ClFN9O2/c29-16-2-1-3-20(12-16)36-28(41)35-19-8-6-18(7-9-19)34-25-13-23(33-17-4-5-17)26-32-15-24(39(26)38-25)27(40)37-22-10-11-31-14-21(22)30/h1-3,10-15,17-19,33H,4-9H2,(H,34,38)(H,31,37,40)(H2,35,36,41). The predicted octanol–water partition coefficient (Wildman–Crippen LogP) is 5.29. The Morgan fingerprint density at radius 3 is 2.41 bits per heavy atom. The maximum atomic E-state index is 14.1. The quantitative estimate of drug-likeness (QED) is 0.192. The number of rotatable bonds is 8. The largest absolute Gasteiger partial charge is 0.379 e. The van der Waals surface area contributed by atoms with Crippen LogP contribution < -0.4 is 26.6 Å². The molecule has 2 fully saturated rings. The molecule has 4 aromatic rings. The van der Waals surface area contributed by atoms with Gasteiger partial charge in [0.1, 0.15) is 5.82 Å². The Hall–Kier alpha value is -4.45. The van der Waals surface area contributed by atoms with Gasteiger partial charge in [0.25, 0.3) is 5.91 Å². The Labute approximate surface area is 240 Å². The number of carbonyl (C=O) groups is 2. The fraction of sp³-hybridized carbons (Fsp3) is 0.321. The van der Waals surface area contributed by atoms with Gasteiger partial charge >= 0.3 is 6.03 Å². The maximum Gasteiger partial charge on any atom is 0.319 e. The molecule has 0 bridgehead atoms. The topological polar surface area (TPSA) is 137 Å². The summed E-state index contributed by atoms with van der Waals surface area (Å²) in [5, 5.41) is 20.6. The van der Waals surface area contributed by atoms with E-state index in [2.05, 4.69) is 41.7 Å². The molecule has 5 N–H and O–H groups in total. The van der Waals surface area contributed by atoms with E-state index >= 15 is 0 Å². The molecule has 2 saturated carbocycles. The second-order valence-electron chi connectivity index (χ2n) is 10.4. The summed E-state index contributed by atoms with van der Waals surface area (Å²) >= 11 is 6.00. The summed E-state index contributed by atoms with van der Waals surface area (Å²) in [7, 11) is 0. The van der Waals surface area contributed by atoms with Crippen molar-refractivity contribution in [2.45, 2.75) is 56.7 Å². The Bertz CT molecular complexity index is 1580. The predicted molar refractivity (Wildman–Crippen MR) is 155 cm³/mol. The SMILES string of the molecule is O=C(Nc1cccc(Cl)c1)NC1CCC(Nc2cc(NC3CC3)c3ncc(C(=O)Nc4ccncc4F)n3n2)CC1. The Morgan fingerprint density at radius 2 is 1.66 bits per heavy atom. The minimum Gasteiger partial charge on any atom is -0.379 e. The van der Waals surface area contributed by atoms with E-state index in [1.165, 1.54) is 23.0 Å². The Morgan fingerprint density at radius 1 is 0.902 bits per heavy atom. The van der Waals surface area contributed by atoms with E-state index in [0.29, 0.717) is 28.2 Å². The number of hydrogen-bond donors (Lipinski definition) is 5. The molecule has 3 heterocycles. The lowest BCUT2D eigenvalue weighted by molar-refractivity contribution is 0.102. The minimum absolute atomic E-state index is 0.0252. The molecule has 6 rings (SSSR count). The van der Waals surface area contributed by atoms with Crippen LogP contribution in [-0.4, -0.2) is 49.6 Å². The number of imidazole rings is 1. The molecule has 2 aliphatic rings. The third kappa shape index (κ3) is 6.49. The minimum atomic E-state index is -0.631. The van der Waals surface area contributed by atoms with E-state index < -0.39 is 11.7 Å². The Kier molecular flexibility index (Phi) is 7.55. The summed E-state index contributed by atoms with van der Waals surface area (Å²) in [6.45, 7) is 0. The van der Waals surface area contributed by atoms with Crippen LogP contribution in [0.4, 0.5) is 32.1 Å². The molecular weight excluding hydrogens is 549 g/mol. The molecular formula is C28H29ClFN9O2. The summed E-state index contributed by atoms with van der Waals surface area (Å²) in [6, 6.07) is 10.6. The van der Waals surface area contributed by atoms with Crippen molar-refractivity contribution in [3.63, 3.8) is 0 Å². The second-order valence-corrected chi connectivity index (χ2v) is 10.8. The molecule has 0 saturated heterocycles. The molecule has 0 spiro atoms. The van der Waals surface area contributed by atoms with Crippen LogP contribution in [0.25, 0.3) is 5.65 Å². The lowest BCUT2D eigenvalue weighted by atomic mass is 9.91. The van der Waals surface area contributed by atoms with Crippen molar-refractivity contribution in [3.05, 3.63) is 71.5 Å². The molecule has 41 heavy (non-hydrogen) atoms. The first-order valence-corrected chi connectivity index (χ1v) is 13.9. The molecule has 0 radical (unpaired) electrons. The number of fused-ring (bicyclic) bond motifs is 1. The van der Waals surface area contributed by atoms with Gasteiger partial charge in [0.15, 0.2) is 17.2 Å². The Balaban J connectivity index is 1.12. The van der Waals surface area contributed by atoms with E-state index in [-0.39, 0.29) is 29.5 Å². The summed E-state index contributed by atoms with van der Waals surface area (Å²) < 4.78 is 15.6. The van der Waals surface area contributed by atoms with Crippen LogP contribution in [0.5, 0.6) is 0 Å². The van der Waals surface area contributed by atoms with Crippen LogP contribution in [-0.2, 0) is 0 Å². The first-order chi connectivity index (χ1) is 19.9. The first-order valence-electron chi connectivity index (χ1n) is 13.6. The van der Waals surface area contributed by atoms with Gasteiger partial charge in [-0.3, -0.25) is 9.78 Å². The van der Waals surface area contributed by atoms with Crippen LogP contribution in [0.1, 0.15) is 49.0 Å². The molecule has 0 aliphatic heterocycles. The lowest BCUT2D eigenvalue weighted by Crippen LogP contribution is -2.42. The molecule has 3 amide bonds. The number of urea groups is 1. The molecule has 212 valence electrons. The van der Waals surface area contributed by atoms with Crippen molar-refractivity contribution >= 4 is 52.1 Å². The van der Waals surface area contributed by atoms with Crippen LogP contribution in [0.15, 0.2) is 55.0 Å². The second kappa shape index (κ2) is 11.6. The van der Waals surface area contributed by atoms with Crippen molar-refractivity contribution in [1.29, 1.82) is 0 Å². The number of carbonyl (C=O) groups excluding carboxylic acids is 2. The number of pyridine rings is 1. The first kappa shape index (κ1) is 26.8. The zero-order chi connectivity index (χ0) is 28.3. The summed E-state index contributed by atoms with van der Waals surface area (Å²) in [6.07, 6.45) is 9.25. The molecule has 11 nitrogen and oxygen atoms in total. The van der Waals surface area contributed by atoms with Gasteiger partial charge in [0, 0.05) is 41.1 Å². The van der Waals surface area contributed by atoms with Gasteiger partial charge in [-0.05, 0) is 62.8 Å². The number of nitrogens with zero attached hydrogens (tertiary/aromatic N) is 4. The van der Waals surface area contributed by atoms with E-state index in [0.717, 1.165) is 50.4 Å². The highest BCUT2D eigenvalue weighted by atomic mass is 35.5. The van der Waals surface area contributed by atoms with E-state index in [1.54, 1.807) is 24.3 Å². The van der Waals surface area contributed by atoms with Crippen molar-refractivity contribution in [2.75, 3.05) is 21.3 Å². The van der Waals surface area contributed by atoms with Crippen LogP contribution in [0.2, 0.25) is 5.02 Å². The van der Waals surface area contributed by atoms with E-state index in [4.69, 9.17) is 11.6 Å². The smallest absolute Gasteiger partial charge is 0.319 e. The molecule has 1 aromatic carbocycles. The molecule has 13 heteroatoms. The number of halogens is 2. The molecule has 2 aliphatic carbocycles. The molecule has 0 atom stereocenters. The van der Waals surface area contributed by atoms with Crippen molar-refractivity contribution in [1.82, 2.24) is 24.9 Å². The van der Waals surface area contributed by atoms with Crippen molar-refractivity contribution in [3.8, 4) is 0 Å². The molecule has 0 unspecified atom stereocenters. The number of anilines is 4. The number of amides is 3. The number of hydrogen-bond acceptors (Lipinski definition) is 7. The highest BCUT2D eigenvalue weighted by Crippen LogP contribution is 2.30. The van der Waals surface area contributed by atoms with Gasteiger partial charge in [-0.1, -0.05) is 17.7 Å². The summed E-state index contributed by atoms with van der Waals surface area (Å²) in [5.41, 5.74) is 2.13. The van der Waals surface area contributed by atoms with Gasteiger partial charge in [0.2, 0.25) is 0 Å². The van der Waals surface area contributed by atoms with Gasteiger partial charge in [-0.2, -0.15) is 0 Å². The average Bonchev–Trinajstić information content (AvgIpc) is 3.66. The van der Waals surface area contributed by atoms with Crippen molar-refractivity contribution < 1.29 is 14.0 Å². The number of benzene rings is 1. The maximum absolute atomic E-state index is 14.1. The van der Waals surface area contributed by atoms with Crippen molar-refractivity contribution in [2.24, 2.45) is 0 Å². The van der Waals surface area contributed by atoms with Gasteiger partial charge in [-0.25, -0.2) is 18.7 Å². The van der Waals surface area contributed by atoms with Gasteiger partial charge in [0.05, 0.1) is 23.8 Å². The number of nitrogens with one attached hydrogen (secondary N) is 5. The fourth-order valence-electron chi connectivity index (χ4n) is 4.92. The zero-order valence-corrected chi connectivity index (χ0v) is 22.8. The van der Waals surface area contributed by atoms with E-state index in [1.807, 2.05) is 6.07 Å². The highest BCUT2D eigenvalue weighted by molar-refractivity contribution is 6.30.